The first-order valence-corrected chi connectivity index (χ1v) is 9.91. The maximum absolute atomic E-state index is 12.9. The molecule has 0 aliphatic rings. The van der Waals surface area contributed by atoms with E-state index in [1.807, 2.05) is 60.7 Å². The van der Waals surface area contributed by atoms with Gasteiger partial charge >= 0.3 is 6.03 Å². The first kappa shape index (κ1) is 20.9. The van der Waals surface area contributed by atoms with E-state index in [0.717, 1.165) is 11.1 Å². The monoisotopic (exact) mass is 430 g/mol. The number of aromatic nitrogens is 2. The van der Waals surface area contributed by atoms with Crippen LogP contribution in [0.3, 0.4) is 0 Å². The average Bonchev–Trinajstić information content (AvgIpc) is 3.33. The Morgan fingerprint density at radius 2 is 1.62 bits per heavy atom. The number of carbonyl (C=O) groups excluding carboxylic acids is 1. The third-order valence-corrected chi connectivity index (χ3v) is 4.77. The Labute approximate surface area is 185 Å². The maximum atomic E-state index is 12.9. The van der Waals surface area contributed by atoms with E-state index >= 15 is 0 Å². The lowest BCUT2D eigenvalue weighted by atomic mass is 10.1. The number of ether oxygens (including phenoxy) is 2. The van der Waals surface area contributed by atoms with Crippen LogP contribution >= 0.6 is 0 Å². The molecule has 0 spiro atoms. The van der Waals surface area contributed by atoms with Crippen molar-refractivity contribution in [1.82, 2.24) is 15.5 Å². The minimum absolute atomic E-state index is 0.266. The third-order valence-electron chi connectivity index (χ3n) is 4.77. The van der Waals surface area contributed by atoms with Gasteiger partial charge < -0.3 is 24.5 Å². The number of rotatable bonds is 7. The van der Waals surface area contributed by atoms with E-state index in [1.54, 1.807) is 25.3 Å². The highest BCUT2D eigenvalue weighted by atomic mass is 16.5. The molecule has 0 radical (unpaired) electrons. The molecule has 1 heterocycles. The minimum atomic E-state index is -0.655. The number of carbonyl (C=O) groups is 1. The van der Waals surface area contributed by atoms with Gasteiger partial charge in [-0.05, 0) is 29.8 Å². The second-order valence-corrected chi connectivity index (χ2v) is 6.82. The molecule has 8 nitrogen and oxygen atoms in total. The molecule has 32 heavy (non-hydrogen) atoms. The molecule has 1 unspecified atom stereocenters. The third kappa shape index (κ3) is 4.70. The van der Waals surface area contributed by atoms with Gasteiger partial charge in [0.1, 0.15) is 17.5 Å². The molecule has 0 aliphatic carbocycles. The van der Waals surface area contributed by atoms with Crippen LogP contribution in [-0.4, -0.2) is 30.4 Å². The summed E-state index contributed by atoms with van der Waals surface area (Å²) in [5.41, 5.74) is 2.05. The van der Waals surface area contributed by atoms with E-state index in [-0.39, 0.29) is 5.89 Å². The summed E-state index contributed by atoms with van der Waals surface area (Å²) in [6, 6.07) is 22.9. The molecule has 2 amide bonds. The Balaban J connectivity index is 1.60. The second kappa shape index (κ2) is 9.65. The zero-order valence-electron chi connectivity index (χ0n) is 17.6. The van der Waals surface area contributed by atoms with Crippen LogP contribution in [0.15, 0.2) is 83.3 Å². The van der Waals surface area contributed by atoms with Gasteiger partial charge in [-0.3, -0.25) is 0 Å². The molecule has 3 aromatic carbocycles. The van der Waals surface area contributed by atoms with Crippen LogP contribution in [0, 0.1) is 0 Å². The van der Waals surface area contributed by atoms with Crippen molar-refractivity contribution in [3.8, 4) is 23.0 Å². The molecule has 1 aromatic heterocycles. The van der Waals surface area contributed by atoms with Crippen molar-refractivity contribution in [2.45, 2.75) is 6.04 Å². The van der Waals surface area contributed by atoms with Gasteiger partial charge in [-0.1, -0.05) is 48.5 Å². The van der Waals surface area contributed by atoms with Crippen molar-refractivity contribution in [2.24, 2.45) is 0 Å². The van der Waals surface area contributed by atoms with Crippen molar-refractivity contribution < 1.29 is 18.7 Å². The number of hydrogen-bond donors (Lipinski definition) is 2. The van der Waals surface area contributed by atoms with Crippen LogP contribution in [0.1, 0.15) is 17.5 Å². The van der Waals surface area contributed by atoms with E-state index in [9.17, 15) is 4.79 Å². The standard InChI is InChI=1S/C24H22N4O4/c1-30-18-13-14-20(31-2)19(15-18)25-24(29)26-21(16-9-5-3-6-10-16)23-28-27-22(32-23)17-11-7-4-8-12-17/h3-15,21H,1-2H3,(H2,25,26,29). The predicted octanol–water partition coefficient (Wildman–Crippen LogP) is 4.66. The highest BCUT2D eigenvalue weighted by Gasteiger charge is 2.24. The lowest BCUT2D eigenvalue weighted by molar-refractivity contribution is 0.248. The molecule has 162 valence electrons. The lowest BCUT2D eigenvalue weighted by Crippen LogP contribution is -2.33. The van der Waals surface area contributed by atoms with Gasteiger partial charge in [0.05, 0.1) is 19.9 Å². The topological polar surface area (TPSA) is 98.5 Å². The summed E-state index contributed by atoms with van der Waals surface area (Å²) < 4.78 is 16.5. The number of nitrogens with one attached hydrogen (secondary N) is 2. The number of nitrogens with zero attached hydrogens (tertiary/aromatic N) is 2. The molecule has 0 bridgehead atoms. The Morgan fingerprint density at radius 1 is 0.906 bits per heavy atom. The Kier molecular flexibility index (Phi) is 6.31. The number of methoxy groups -OCH3 is 2. The van der Waals surface area contributed by atoms with Gasteiger partial charge in [0.15, 0.2) is 0 Å². The first-order valence-electron chi connectivity index (χ1n) is 9.91. The largest absolute Gasteiger partial charge is 0.497 e. The summed E-state index contributed by atoms with van der Waals surface area (Å²) in [5.74, 6) is 1.73. The Hall–Kier alpha value is -4.33. The molecule has 0 saturated heterocycles. The fourth-order valence-corrected chi connectivity index (χ4v) is 3.18. The smallest absolute Gasteiger partial charge is 0.320 e. The van der Waals surface area contributed by atoms with Crippen LogP contribution in [0.2, 0.25) is 0 Å². The van der Waals surface area contributed by atoms with Crippen LogP contribution in [0.5, 0.6) is 11.5 Å². The van der Waals surface area contributed by atoms with Crippen LogP contribution in [-0.2, 0) is 0 Å². The fourth-order valence-electron chi connectivity index (χ4n) is 3.18. The molecular formula is C24H22N4O4. The SMILES string of the molecule is COc1ccc(OC)c(NC(=O)NC(c2ccccc2)c2nnc(-c3ccccc3)o2)c1. The average molecular weight is 430 g/mol. The van der Waals surface area contributed by atoms with Gasteiger partial charge in [0.2, 0.25) is 11.8 Å². The van der Waals surface area contributed by atoms with Gasteiger partial charge in [0.25, 0.3) is 0 Å². The number of benzene rings is 3. The van der Waals surface area contributed by atoms with E-state index in [1.165, 1.54) is 7.11 Å². The number of amides is 2. The van der Waals surface area contributed by atoms with Gasteiger partial charge in [-0.2, -0.15) is 0 Å². The highest BCUT2D eigenvalue weighted by Crippen LogP contribution is 2.29. The first-order chi connectivity index (χ1) is 15.7. The molecule has 8 heteroatoms. The van der Waals surface area contributed by atoms with Gasteiger partial charge in [0, 0.05) is 11.6 Å². The highest BCUT2D eigenvalue weighted by molar-refractivity contribution is 5.91. The lowest BCUT2D eigenvalue weighted by Gasteiger charge is -2.17. The molecule has 0 fully saturated rings. The summed E-state index contributed by atoms with van der Waals surface area (Å²) in [4.78, 5) is 12.9. The predicted molar refractivity (Wildman–Crippen MR) is 120 cm³/mol. The van der Waals surface area contributed by atoms with E-state index in [4.69, 9.17) is 13.9 Å². The second-order valence-electron chi connectivity index (χ2n) is 6.82. The van der Waals surface area contributed by atoms with Crippen molar-refractivity contribution >= 4 is 11.7 Å². The molecule has 4 aromatic rings. The summed E-state index contributed by atoms with van der Waals surface area (Å²) in [6.07, 6.45) is 0. The van der Waals surface area contributed by atoms with Crippen molar-refractivity contribution in [3.05, 3.63) is 90.3 Å². The summed E-state index contributed by atoms with van der Waals surface area (Å²) in [7, 11) is 3.08. The molecule has 0 aliphatic heterocycles. The number of urea groups is 1. The zero-order valence-corrected chi connectivity index (χ0v) is 17.6. The van der Waals surface area contributed by atoms with E-state index in [0.29, 0.717) is 23.1 Å². The molecular weight excluding hydrogens is 408 g/mol. The summed E-state index contributed by atoms with van der Waals surface area (Å²) >= 11 is 0. The zero-order chi connectivity index (χ0) is 22.3. The minimum Gasteiger partial charge on any atom is -0.497 e. The molecule has 4 rings (SSSR count). The van der Waals surface area contributed by atoms with Crippen LogP contribution < -0.4 is 20.1 Å². The van der Waals surface area contributed by atoms with E-state index < -0.39 is 12.1 Å². The van der Waals surface area contributed by atoms with Gasteiger partial charge in [-0.25, -0.2) is 4.79 Å². The van der Waals surface area contributed by atoms with Gasteiger partial charge in [-0.15, -0.1) is 10.2 Å². The summed E-state index contributed by atoms with van der Waals surface area (Å²) in [5, 5.41) is 14.0. The van der Waals surface area contributed by atoms with Crippen molar-refractivity contribution in [3.63, 3.8) is 0 Å². The molecule has 0 saturated carbocycles. The van der Waals surface area contributed by atoms with Crippen LogP contribution in [0.4, 0.5) is 10.5 Å². The Bertz CT molecular complexity index is 1180. The number of anilines is 1. The summed E-state index contributed by atoms with van der Waals surface area (Å²) in [6.45, 7) is 0. The Morgan fingerprint density at radius 3 is 2.31 bits per heavy atom. The van der Waals surface area contributed by atoms with Crippen LogP contribution in [0.25, 0.3) is 11.5 Å². The van der Waals surface area contributed by atoms with E-state index in [2.05, 4.69) is 20.8 Å². The normalized spacial score (nSPS) is 11.4. The maximum Gasteiger partial charge on any atom is 0.320 e. The molecule has 2 N–H and O–H groups in total. The van der Waals surface area contributed by atoms with Crippen molar-refractivity contribution in [2.75, 3.05) is 19.5 Å². The molecule has 1 atom stereocenters. The quantitative estimate of drug-likeness (QED) is 0.442. The van der Waals surface area contributed by atoms with Crippen molar-refractivity contribution in [1.29, 1.82) is 0 Å². The number of hydrogen-bond acceptors (Lipinski definition) is 6. The fraction of sp³-hybridized carbons (Fsp3) is 0.125.